The zero-order valence-electron chi connectivity index (χ0n) is 12.7. The second kappa shape index (κ2) is 8.75. The lowest BCUT2D eigenvalue weighted by atomic mass is 10.3. The molecule has 2 aromatic carbocycles. The van der Waals surface area contributed by atoms with Crippen LogP contribution in [0.25, 0.3) is 0 Å². The highest BCUT2D eigenvalue weighted by Gasteiger charge is 2.09. The predicted molar refractivity (Wildman–Crippen MR) is 91.3 cm³/mol. The van der Waals surface area contributed by atoms with Crippen molar-refractivity contribution < 1.29 is 19.3 Å². The van der Waals surface area contributed by atoms with Crippen LogP contribution in [0.2, 0.25) is 10.0 Å². The molecule has 0 heterocycles. The van der Waals surface area contributed by atoms with Crippen molar-refractivity contribution in [1.29, 1.82) is 0 Å². The van der Waals surface area contributed by atoms with Crippen LogP contribution in [0.1, 0.15) is 13.3 Å². The molecule has 0 radical (unpaired) electrons. The van der Waals surface area contributed by atoms with Gasteiger partial charge in [-0.15, -0.1) is 0 Å². The molecule has 0 spiro atoms. The fourth-order valence-electron chi connectivity index (χ4n) is 1.93. The SMILES string of the molecule is CCOc1cccc(OCCCOc2c(Cl)cc(O)cc2Cl)c1. The molecule has 0 aliphatic rings. The average molecular weight is 357 g/mol. The van der Waals surface area contributed by atoms with Crippen LogP contribution in [-0.2, 0) is 0 Å². The van der Waals surface area contributed by atoms with Gasteiger partial charge in [-0.05, 0) is 19.1 Å². The summed E-state index contributed by atoms with van der Waals surface area (Å²) in [5.41, 5.74) is 0. The summed E-state index contributed by atoms with van der Waals surface area (Å²) in [6, 6.07) is 10.3. The molecule has 0 unspecified atom stereocenters. The first kappa shape index (κ1) is 17.6. The van der Waals surface area contributed by atoms with Gasteiger partial charge in [-0.3, -0.25) is 0 Å². The Morgan fingerprint density at radius 1 is 0.913 bits per heavy atom. The highest BCUT2D eigenvalue weighted by Crippen LogP contribution is 2.36. The van der Waals surface area contributed by atoms with Gasteiger partial charge in [0.1, 0.15) is 17.2 Å². The van der Waals surface area contributed by atoms with Gasteiger partial charge >= 0.3 is 0 Å². The van der Waals surface area contributed by atoms with Crippen LogP contribution in [0.3, 0.4) is 0 Å². The maximum atomic E-state index is 9.36. The summed E-state index contributed by atoms with van der Waals surface area (Å²) >= 11 is 12.0. The fourth-order valence-corrected chi connectivity index (χ4v) is 2.51. The summed E-state index contributed by atoms with van der Waals surface area (Å²) in [6.07, 6.45) is 0.659. The van der Waals surface area contributed by atoms with Crippen LogP contribution in [-0.4, -0.2) is 24.9 Å². The number of hydrogen-bond acceptors (Lipinski definition) is 4. The number of benzene rings is 2. The Hall–Kier alpha value is -1.78. The monoisotopic (exact) mass is 356 g/mol. The summed E-state index contributed by atoms with van der Waals surface area (Å²) < 4.78 is 16.6. The van der Waals surface area contributed by atoms with E-state index in [0.29, 0.717) is 32.0 Å². The average Bonchev–Trinajstić information content (AvgIpc) is 2.50. The number of ether oxygens (including phenoxy) is 3. The molecule has 0 saturated carbocycles. The molecule has 0 aliphatic carbocycles. The number of aromatic hydroxyl groups is 1. The van der Waals surface area contributed by atoms with E-state index >= 15 is 0 Å². The topological polar surface area (TPSA) is 47.9 Å². The molecule has 2 rings (SSSR count). The van der Waals surface area contributed by atoms with E-state index in [2.05, 4.69) is 0 Å². The van der Waals surface area contributed by atoms with Crippen LogP contribution in [0.5, 0.6) is 23.0 Å². The first-order chi connectivity index (χ1) is 11.1. The molecule has 0 saturated heterocycles. The smallest absolute Gasteiger partial charge is 0.156 e. The maximum Gasteiger partial charge on any atom is 0.156 e. The normalized spacial score (nSPS) is 10.4. The third kappa shape index (κ3) is 5.41. The highest BCUT2D eigenvalue weighted by atomic mass is 35.5. The van der Waals surface area contributed by atoms with Gasteiger partial charge in [0.15, 0.2) is 5.75 Å². The summed E-state index contributed by atoms with van der Waals surface area (Å²) in [5.74, 6) is 1.90. The van der Waals surface area contributed by atoms with Crippen molar-refractivity contribution in [2.75, 3.05) is 19.8 Å². The Labute approximate surface area is 145 Å². The molecule has 0 amide bonds. The van der Waals surface area contributed by atoms with Crippen LogP contribution >= 0.6 is 23.2 Å². The molecule has 124 valence electrons. The molecule has 0 bridgehead atoms. The lowest BCUT2D eigenvalue weighted by Gasteiger charge is -2.11. The molecule has 0 atom stereocenters. The molecule has 0 fully saturated rings. The second-order valence-corrected chi connectivity index (χ2v) is 5.51. The largest absolute Gasteiger partial charge is 0.508 e. The molecule has 6 heteroatoms. The van der Waals surface area contributed by atoms with E-state index in [1.165, 1.54) is 12.1 Å². The molecule has 4 nitrogen and oxygen atoms in total. The van der Waals surface area contributed by atoms with E-state index in [1.807, 2.05) is 31.2 Å². The maximum absolute atomic E-state index is 9.36. The lowest BCUT2D eigenvalue weighted by Crippen LogP contribution is -2.05. The van der Waals surface area contributed by atoms with Gasteiger partial charge in [0.2, 0.25) is 0 Å². The number of phenolic OH excluding ortho intramolecular Hbond substituents is 1. The zero-order chi connectivity index (χ0) is 16.7. The minimum Gasteiger partial charge on any atom is -0.508 e. The van der Waals surface area contributed by atoms with Crippen molar-refractivity contribution in [3.05, 3.63) is 46.4 Å². The lowest BCUT2D eigenvalue weighted by molar-refractivity contribution is 0.246. The van der Waals surface area contributed by atoms with Crippen molar-refractivity contribution in [2.24, 2.45) is 0 Å². The Balaban J connectivity index is 1.77. The van der Waals surface area contributed by atoms with Gasteiger partial charge < -0.3 is 19.3 Å². The fraction of sp³-hybridized carbons (Fsp3) is 0.294. The van der Waals surface area contributed by atoms with Crippen molar-refractivity contribution in [1.82, 2.24) is 0 Å². The van der Waals surface area contributed by atoms with Gasteiger partial charge in [-0.25, -0.2) is 0 Å². The van der Waals surface area contributed by atoms with E-state index in [4.69, 9.17) is 37.4 Å². The van der Waals surface area contributed by atoms with Crippen molar-refractivity contribution in [2.45, 2.75) is 13.3 Å². The minimum atomic E-state index is 0.00450. The Bertz CT molecular complexity index is 623. The minimum absolute atomic E-state index is 0.00450. The molecule has 0 aromatic heterocycles. The van der Waals surface area contributed by atoms with Crippen molar-refractivity contribution in [3.8, 4) is 23.0 Å². The Morgan fingerprint density at radius 3 is 2.17 bits per heavy atom. The van der Waals surface area contributed by atoms with Gasteiger partial charge in [-0.2, -0.15) is 0 Å². The number of halogens is 2. The molecule has 1 N–H and O–H groups in total. The van der Waals surface area contributed by atoms with Crippen LogP contribution < -0.4 is 14.2 Å². The summed E-state index contributed by atoms with van der Waals surface area (Å²) in [7, 11) is 0. The molecule has 23 heavy (non-hydrogen) atoms. The standard InChI is InChI=1S/C17H18Cl2O4/c1-2-21-13-5-3-6-14(11-13)22-7-4-8-23-17-15(18)9-12(20)10-16(17)19/h3,5-6,9-11,20H,2,4,7-8H2,1H3. The van der Waals surface area contributed by atoms with Crippen molar-refractivity contribution in [3.63, 3.8) is 0 Å². The molecular weight excluding hydrogens is 339 g/mol. The van der Waals surface area contributed by atoms with Crippen LogP contribution in [0.4, 0.5) is 0 Å². The first-order valence-corrected chi connectivity index (χ1v) is 8.02. The Morgan fingerprint density at radius 2 is 1.52 bits per heavy atom. The molecule has 2 aromatic rings. The van der Waals surface area contributed by atoms with E-state index < -0.39 is 0 Å². The van der Waals surface area contributed by atoms with Crippen molar-refractivity contribution >= 4 is 23.2 Å². The molecule has 0 aliphatic heterocycles. The van der Waals surface area contributed by atoms with Gasteiger partial charge in [0.05, 0.1) is 29.9 Å². The van der Waals surface area contributed by atoms with Crippen LogP contribution in [0.15, 0.2) is 36.4 Å². The summed E-state index contributed by atoms with van der Waals surface area (Å²) in [4.78, 5) is 0. The molecular formula is C17H18Cl2O4. The van der Waals surface area contributed by atoms with Gasteiger partial charge in [-0.1, -0.05) is 29.3 Å². The number of phenols is 1. The van der Waals surface area contributed by atoms with Gasteiger partial charge in [0.25, 0.3) is 0 Å². The number of hydrogen-bond donors (Lipinski definition) is 1. The second-order valence-electron chi connectivity index (χ2n) is 4.70. The zero-order valence-corrected chi connectivity index (χ0v) is 14.2. The van der Waals surface area contributed by atoms with E-state index in [-0.39, 0.29) is 15.8 Å². The Kier molecular flexibility index (Phi) is 6.68. The first-order valence-electron chi connectivity index (χ1n) is 7.26. The van der Waals surface area contributed by atoms with E-state index in [9.17, 15) is 5.11 Å². The van der Waals surface area contributed by atoms with E-state index in [0.717, 1.165) is 11.5 Å². The summed E-state index contributed by atoms with van der Waals surface area (Å²) in [6.45, 7) is 3.44. The van der Waals surface area contributed by atoms with Gasteiger partial charge in [0, 0.05) is 24.6 Å². The van der Waals surface area contributed by atoms with Crippen LogP contribution in [0, 0.1) is 0 Å². The third-order valence-corrected chi connectivity index (χ3v) is 3.46. The van der Waals surface area contributed by atoms with E-state index in [1.54, 1.807) is 0 Å². The third-order valence-electron chi connectivity index (χ3n) is 2.90. The highest BCUT2D eigenvalue weighted by molar-refractivity contribution is 6.37. The quantitative estimate of drug-likeness (QED) is 0.680. The number of rotatable bonds is 8. The summed E-state index contributed by atoms with van der Waals surface area (Å²) in [5, 5.41) is 9.92. The predicted octanol–water partition coefficient (Wildman–Crippen LogP) is 4.95.